The first-order valence-electron chi connectivity index (χ1n) is 5.91. The zero-order chi connectivity index (χ0) is 10.8. The van der Waals surface area contributed by atoms with E-state index in [9.17, 15) is 0 Å². The maximum absolute atomic E-state index is 2.44. The van der Waals surface area contributed by atoms with E-state index in [2.05, 4.69) is 59.9 Å². The van der Waals surface area contributed by atoms with Gasteiger partial charge in [-0.05, 0) is 5.56 Å². The summed E-state index contributed by atoms with van der Waals surface area (Å²) in [6.45, 7) is 1.19. The summed E-state index contributed by atoms with van der Waals surface area (Å²) in [6.07, 6.45) is 1.19. The van der Waals surface area contributed by atoms with E-state index < -0.39 is 0 Å². The molecule has 80 valence electrons. The van der Waals surface area contributed by atoms with Gasteiger partial charge in [-0.25, -0.2) is 0 Å². The SMILES string of the molecule is c1ccc(C2[NH2+]CCc3ccccc32)cc1. The zero-order valence-corrected chi connectivity index (χ0v) is 9.27. The van der Waals surface area contributed by atoms with Crippen molar-refractivity contribution in [1.82, 2.24) is 0 Å². The lowest BCUT2D eigenvalue weighted by atomic mass is 9.90. The molecule has 1 atom stereocenters. The van der Waals surface area contributed by atoms with Crippen LogP contribution >= 0.6 is 0 Å². The molecule has 0 saturated heterocycles. The predicted molar refractivity (Wildman–Crippen MR) is 65.2 cm³/mol. The fourth-order valence-corrected chi connectivity index (χ4v) is 2.57. The number of hydrogen-bond donors (Lipinski definition) is 1. The molecule has 0 amide bonds. The summed E-state index contributed by atoms with van der Waals surface area (Å²) in [5.74, 6) is 0. The predicted octanol–water partition coefficient (Wildman–Crippen LogP) is 1.90. The van der Waals surface area contributed by atoms with Gasteiger partial charge in [-0.1, -0.05) is 54.6 Å². The third-order valence-electron chi connectivity index (χ3n) is 3.36. The quantitative estimate of drug-likeness (QED) is 0.740. The van der Waals surface area contributed by atoms with Gasteiger partial charge in [0.1, 0.15) is 6.04 Å². The average molecular weight is 210 g/mol. The second kappa shape index (κ2) is 4.11. The molecule has 1 heterocycles. The summed E-state index contributed by atoms with van der Waals surface area (Å²) in [7, 11) is 0. The Morgan fingerprint density at radius 1 is 0.875 bits per heavy atom. The lowest BCUT2D eigenvalue weighted by Gasteiger charge is -2.23. The molecule has 1 aliphatic rings. The topological polar surface area (TPSA) is 16.6 Å². The van der Waals surface area contributed by atoms with Gasteiger partial charge < -0.3 is 5.32 Å². The molecule has 1 nitrogen and oxygen atoms in total. The number of quaternary nitrogens is 1. The van der Waals surface area contributed by atoms with Crippen molar-refractivity contribution >= 4 is 0 Å². The van der Waals surface area contributed by atoms with Crippen molar-refractivity contribution < 1.29 is 5.32 Å². The van der Waals surface area contributed by atoms with E-state index in [0.717, 1.165) is 0 Å². The van der Waals surface area contributed by atoms with E-state index in [1.54, 1.807) is 0 Å². The van der Waals surface area contributed by atoms with Crippen LogP contribution in [0.15, 0.2) is 54.6 Å². The van der Waals surface area contributed by atoms with Gasteiger partial charge in [-0.3, -0.25) is 0 Å². The maximum Gasteiger partial charge on any atom is 0.138 e. The van der Waals surface area contributed by atoms with Crippen LogP contribution < -0.4 is 5.32 Å². The molecule has 0 saturated carbocycles. The van der Waals surface area contributed by atoms with Crippen LogP contribution in [0.4, 0.5) is 0 Å². The molecule has 0 bridgehead atoms. The number of nitrogens with two attached hydrogens (primary N) is 1. The lowest BCUT2D eigenvalue weighted by Crippen LogP contribution is -2.87. The molecule has 0 aliphatic carbocycles. The average Bonchev–Trinajstić information content (AvgIpc) is 2.39. The second-order valence-electron chi connectivity index (χ2n) is 4.36. The van der Waals surface area contributed by atoms with Gasteiger partial charge >= 0.3 is 0 Å². The molecule has 0 fully saturated rings. The fraction of sp³-hybridized carbons (Fsp3) is 0.200. The van der Waals surface area contributed by atoms with E-state index in [0.29, 0.717) is 6.04 Å². The highest BCUT2D eigenvalue weighted by Crippen LogP contribution is 2.23. The van der Waals surface area contributed by atoms with Gasteiger partial charge in [0.15, 0.2) is 0 Å². The van der Waals surface area contributed by atoms with Gasteiger partial charge in [-0.15, -0.1) is 0 Å². The molecule has 1 unspecified atom stereocenters. The Morgan fingerprint density at radius 2 is 1.62 bits per heavy atom. The third-order valence-corrected chi connectivity index (χ3v) is 3.36. The number of rotatable bonds is 1. The zero-order valence-electron chi connectivity index (χ0n) is 9.27. The highest BCUT2D eigenvalue weighted by molar-refractivity contribution is 5.36. The van der Waals surface area contributed by atoms with E-state index >= 15 is 0 Å². The maximum atomic E-state index is 2.44. The van der Waals surface area contributed by atoms with Crippen molar-refractivity contribution in [1.29, 1.82) is 0 Å². The summed E-state index contributed by atoms with van der Waals surface area (Å²) >= 11 is 0. The van der Waals surface area contributed by atoms with Crippen molar-refractivity contribution in [2.45, 2.75) is 12.5 Å². The first-order valence-corrected chi connectivity index (χ1v) is 5.91. The standard InChI is InChI=1S/C15H15N/c1-2-7-13(8-3-1)15-14-9-5-4-6-12(14)10-11-16-15/h1-9,15-16H,10-11H2/p+1. The Hall–Kier alpha value is -1.60. The molecule has 2 aromatic carbocycles. The van der Waals surface area contributed by atoms with Crippen LogP contribution in [-0.4, -0.2) is 6.54 Å². The van der Waals surface area contributed by atoms with Crippen molar-refractivity contribution in [3.05, 3.63) is 71.3 Å². The molecule has 0 spiro atoms. The van der Waals surface area contributed by atoms with Crippen molar-refractivity contribution in [3.8, 4) is 0 Å². The summed E-state index contributed by atoms with van der Waals surface area (Å²) in [5.41, 5.74) is 4.41. The smallest absolute Gasteiger partial charge is 0.138 e. The Balaban J connectivity index is 2.05. The highest BCUT2D eigenvalue weighted by Gasteiger charge is 2.23. The van der Waals surface area contributed by atoms with Gasteiger partial charge in [0, 0.05) is 17.5 Å². The highest BCUT2D eigenvalue weighted by atomic mass is 14.9. The monoisotopic (exact) mass is 210 g/mol. The van der Waals surface area contributed by atoms with E-state index in [1.807, 2.05) is 0 Å². The summed E-state index contributed by atoms with van der Waals surface area (Å²) in [4.78, 5) is 0. The summed E-state index contributed by atoms with van der Waals surface area (Å²) in [6, 6.07) is 20.1. The number of benzene rings is 2. The van der Waals surface area contributed by atoms with Crippen molar-refractivity contribution in [2.75, 3.05) is 6.54 Å². The summed E-state index contributed by atoms with van der Waals surface area (Å²) in [5, 5.41) is 2.44. The van der Waals surface area contributed by atoms with Gasteiger partial charge in [0.05, 0.1) is 6.54 Å². The molecule has 0 radical (unpaired) electrons. The van der Waals surface area contributed by atoms with Gasteiger partial charge in [-0.2, -0.15) is 0 Å². The molecule has 2 N–H and O–H groups in total. The van der Waals surface area contributed by atoms with E-state index in [-0.39, 0.29) is 0 Å². The van der Waals surface area contributed by atoms with E-state index in [1.165, 1.54) is 29.7 Å². The minimum atomic E-state index is 0.492. The molecular formula is C15H16N+. The molecule has 16 heavy (non-hydrogen) atoms. The third kappa shape index (κ3) is 1.63. The second-order valence-corrected chi connectivity index (χ2v) is 4.36. The minimum absolute atomic E-state index is 0.492. The van der Waals surface area contributed by atoms with Crippen LogP contribution in [-0.2, 0) is 6.42 Å². The first-order chi connectivity index (χ1) is 7.95. The number of hydrogen-bond acceptors (Lipinski definition) is 0. The molecule has 0 aromatic heterocycles. The molecular weight excluding hydrogens is 194 g/mol. The largest absolute Gasteiger partial charge is 0.336 e. The minimum Gasteiger partial charge on any atom is -0.336 e. The van der Waals surface area contributed by atoms with Gasteiger partial charge in [0.25, 0.3) is 0 Å². The van der Waals surface area contributed by atoms with Crippen LogP contribution in [0.1, 0.15) is 22.7 Å². The Bertz CT molecular complexity index is 476. The summed E-state index contributed by atoms with van der Waals surface area (Å²) < 4.78 is 0. The fourth-order valence-electron chi connectivity index (χ4n) is 2.57. The van der Waals surface area contributed by atoms with Crippen LogP contribution in [0.25, 0.3) is 0 Å². The van der Waals surface area contributed by atoms with Crippen LogP contribution in [0.5, 0.6) is 0 Å². The van der Waals surface area contributed by atoms with Crippen LogP contribution in [0, 0.1) is 0 Å². The molecule has 1 aliphatic heterocycles. The molecule has 1 heteroatoms. The van der Waals surface area contributed by atoms with Gasteiger partial charge in [0.2, 0.25) is 0 Å². The van der Waals surface area contributed by atoms with Crippen LogP contribution in [0.3, 0.4) is 0 Å². The number of fused-ring (bicyclic) bond motifs is 1. The molecule has 3 rings (SSSR count). The normalized spacial score (nSPS) is 19.1. The van der Waals surface area contributed by atoms with Crippen LogP contribution in [0.2, 0.25) is 0 Å². The Labute approximate surface area is 96.1 Å². The van der Waals surface area contributed by atoms with Crippen molar-refractivity contribution in [2.24, 2.45) is 0 Å². The molecule has 2 aromatic rings. The Morgan fingerprint density at radius 3 is 2.50 bits per heavy atom. The Kier molecular flexibility index (Phi) is 2.47. The van der Waals surface area contributed by atoms with E-state index in [4.69, 9.17) is 0 Å². The lowest BCUT2D eigenvalue weighted by molar-refractivity contribution is -0.690. The first kappa shape index (κ1) is 9.61. The van der Waals surface area contributed by atoms with Crippen molar-refractivity contribution in [3.63, 3.8) is 0 Å².